The molecule has 138 valence electrons. The van der Waals surface area contributed by atoms with Crippen LogP contribution in [0.3, 0.4) is 0 Å². The molecule has 1 aromatic carbocycles. The number of hydrogen-bond acceptors (Lipinski definition) is 6. The summed E-state index contributed by atoms with van der Waals surface area (Å²) >= 11 is 6.00. The van der Waals surface area contributed by atoms with Gasteiger partial charge in [0.2, 0.25) is 5.95 Å². The van der Waals surface area contributed by atoms with Gasteiger partial charge in [0.1, 0.15) is 0 Å². The van der Waals surface area contributed by atoms with E-state index in [4.69, 9.17) is 11.6 Å². The van der Waals surface area contributed by atoms with E-state index >= 15 is 0 Å². The largest absolute Gasteiger partial charge is 0.346 e. The van der Waals surface area contributed by atoms with Crippen LogP contribution in [0.2, 0.25) is 5.02 Å². The molecular formula is C18H18ClN7O. The lowest BCUT2D eigenvalue weighted by atomic mass is 10.1. The summed E-state index contributed by atoms with van der Waals surface area (Å²) in [5.74, 6) is 0.437. The van der Waals surface area contributed by atoms with Crippen LogP contribution in [0, 0.1) is 0 Å². The van der Waals surface area contributed by atoms with Gasteiger partial charge in [-0.1, -0.05) is 22.9 Å². The Kier molecular flexibility index (Phi) is 4.97. The van der Waals surface area contributed by atoms with E-state index in [0.29, 0.717) is 17.5 Å². The summed E-state index contributed by atoms with van der Waals surface area (Å²) in [5.41, 5.74) is 1.02. The summed E-state index contributed by atoms with van der Waals surface area (Å²) < 4.78 is 1.53. The Bertz CT molecular complexity index is 930. The van der Waals surface area contributed by atoms with Crippen LogP contribution >= 0.6 is 11.6 Å². The first-order chi connectivity index (χ1) is 13.2. The molecule has 3 heterocycles. The van der Waals surface area contributed by atoms with Crippen molar-refractivity contribution in [3.8, 4) is 5.69 Å². The zero-order valence-corrected chi connectivity index (χ0v) is 15.3. The van der Waals surface area contributed by atoms with Crippen molar-refractivity contribution in [3.05, 3.63) is 59.6 Å². The molecule has 1 amide bonds. The van der Waals surface area contributed by atoms with Crippen molar-refractivity contribution >= 4 is 23.5 Å². The highest BCUT2D eigenvalue weighted by Crippen LogP contribution is 2.16. The lowest BCUT2D eigenvalue weighted by Gasteiger charge is -2.32. The van der Waals surface area contributed by atoms with Gasteiger partial charge in [-0.3, -0.25) is 4.79 Å². The molecule has 1 aliphatic rings. The number of piperidine rings is 1. The average Bonchev–Trinajstić information content (AvgIpc) is 3.19. The standard InChI is InChI=1S/C18H18ClN7O/c19-13-4-1-6-15(10-13)26-12-16(23-24-26)17(27)22-14-5-2-9-25(11-14)18-20-7-3-8-21-18/h1,3-4,6-8,10,12,14H,2,5,9,11H2,(H,22,27). The normalized spacial score (nSPS) is 16.9. The topological polar surface area (TPSA) is 88.8 Å². The molecule has 1 N–H and O–H groups in total. The summed E-state index contributed by atoms with van der Waals surface area (Å²) in [7, 11) is 0. The molecule has 27 heavy (non-hydrogen) atoms. The summed E-state index contributed by atoms with van der Waals surface area (Å²) in [6, 6.07) is 9.00. The van der Waals surface area contributed by atoms with Crippen molar-refractivity contribution in [2.45, 2.75) is 18.9 Å². The van der Waals surface area contributed by atoms with Gasteiger partial charge in [-0.15, -0.1) is 5.10 Å². The second-order valence-corrected chi connectivity index (χ2v) is 6.77. The first-order valence-corrected chi connectivity index (χ1v) is 9.08. The Labute approximate surface area is 161 Å². The van der Waals surface area contributed by atoms with Gasteiger partial charge in [-0.2, -0.15) is 0 Å². The van der Waals surface area contributed by atoms with Gasteiger partial charge in [-0.25, -0.2) is 14.6 Å². The number of anilines is 1. The number of hydrogen-bond donors (Lipinski definition) is 1. The maximum atomic E-state index is 12.6. The molecule has 8 nitrogen and oxygen atoms in total. The Morgan fingerprint density at radius 1 is 1.22 bits per heavy atom. The summed E-state index contributed by atoms with van der Waals surface area (Å²) in [6.07, 6.45) is 6.90. The fourth-order valence-corrected chi connectivity index (χ4v) is 3.29. The molecule has 1 fully saturated rings. The van der Waals surface area contributed by atoms with Crippen LogP contribution in [0.4, 0.5) is 5.95 Å². The van der Waals surface area contributed by atoms with E-state index < -0.39 is 0 Å². The van der Waals surface area contributed by atoms with Crippen molar-refractivity contribution in [2.75, 3.05) is 18.0 Å². The Hall–Kier alpha value is -3.00. The van der Waals surface area contributed by atoms with Crippen molar-refractivity contribution in [2.24, 2.45) is 0 Å². The second kappa shape index (κ2) is 7.71. The molecule has 0 saturated carbocycles. The van der Waals surface area contributed by atoms with Crippen molar-refractivity contribution in [1.82, 2.24) is 30.3 Å². The first kappa shape index (κ1) is 17.4. The van der Waals surface area contributed by atoms with E-state index in [1.807, 2.05) is 12.1 Å². The highest BCUT2D eigenvalue weighted by atomic mass is 35.5. The van der Waals surface area contributed by atoms with Crippen LogP contribution in [-0.4, -0.2) is 50.0 Å². The third-order valence-electron chi connectivity index (χ3n) is 4.39. The van der Waals surface area contributed by atoms with E-state index in [9.17, 15) is 4.79 Å². The molecule has 4 rings (SSSR count). The lowest BCUT2D eigenvalue weighted by Crippen LogP contribution is -2.48. The minimum absolute atomic E-state index is 0.00590. The van der Waals surface area contributed by atoms with Gasteiger partial charge in [0, 0.05) is 36.5 Å². The van der Waals surface area contributed by atoms with Crippen molar-refractivity contribution in [3.63, 3.8) is 0 Å². The third-order valence-corrected chi connectivity index (χ3v) is 4.63. The van der Waals surface area contributed by atoms with Crippen LogP contribution in [0.5, 0.6) is 0 Å². The highest BCUT2D eigenvalue weighted by Gasteiger charge is 2.24. The zero-order valence-electron chi connectivity index (χ0n) is 14.5. The van der Waals surface area contributed by atoms with Crippen LogP contribution in [0.25, 0.3) is 5.69 Å². The molecule has 1 unspecified atom stereocenters. The molecule has 3 aromatic rings. The number of amides is 1. The number of rotatable bonds is 4. The predicted octanol–water partition coefficient (Wildman–Crippen LogP) is 2.11. The fraction of sp³-hybridized carbons (Fsp3) is 0.278. The fourth-order valence-electron chi connectivity index (χ4n) is 3.10. The molecule has 1 atom stereocenters. The third kappa shape index (κ3) is 4.06. The number of benzene rings is 1. The van der Waals surface area contributed by atoms with Gasteiger partial charge >= 0.3 is 0 Å². The number of carbonyl (C=O) groups excluding carboxylic acids is 1. The van der Waals surface area contributed by atoms with E-state index in [2.05, 4.69) is 30.5 Å². The monoisotopic (exact) mass is 383 g/mol. The number of nitrogens with zero attached hydrogens (tertiary/aromatic N) is 6. The van der Waals surface area contributed by atoms with Gasteiger partial charge in [-0.05, 0) is 37.1 Å². The number of carbonyl (C=O) groups is 1. The minimum Gasteiger partial charge on any atom is -0.346 e. The average molecular weight is 384 g/mol. The quantitative estimate of drug-likeness (QED) is 0.742. The number of aromatic nitrogens is 5. The molecule has 0 spiro atoms. The Balaban J connectivity index is 1.42. The SMILES string of the molecule is O=C(NC1CCCN(c2ncccn2)C1)c1cn(-c2cccc(Cl)c2)nn1. The van der Waals surface area contributed by atoms with Crippen molar-refractivity contribution < 1.29 is 4.79 Å². The van der Waals surface area contributed by atoms with Gasteiger partial charge in [0.05, 0.1) is 11.9 Å². The number of halogens is 1. The predicted molar refractivity (Wildman–Crippen MR) is 101 cm³/mol. The van der Waals surface area contributed by atoms with Gasteiger partial charge in [0.15, 0.2) is 5.69 Å². The number of nitrogens with one attached hydrogen (secondary N) is 1. The van der Waals surface area contributed by atoms with Crippen LogP contribution in [0.15, 0.2) is 48.9 Å². The van der Waals surface area contributed by atoms with Crippen LogP contribution < -0.4 is 10.2 Å². The van der Waals surface area contributed by atoms with E-state index in [-0.39, 0.29) is 17.6 Å². The second-order valence-electron chi connectivity index (χ2n) is 6.34. The highest BCUT2D eigenvalue weighted by molar-refractivity contribution is 6.30. The first-order valence-electron chi connectivity index (χ1n) is 8.70. The maximum Gasteiger partial charge on any atom is 0.273 e. The summed E-state index contributed by atoms with van der Waals surface area (Å²) in [4.78, 5) is 23.2. The maximum absolute atomic E-state index is 12.6. The van der Waals surface area contributed by atoms with Crippen molar-refractivity contribution in [1.29, 1.82) is 0 Å². The summed E-state index contributed by atoms with van der Waals surface area (Å²) in [6.45, 7) is 1.54. The van der Waals surface area contributed by atoms with Gasteiger partial charge in [0.25, 0.3) is 5.91 Å². The zero-order chi connectivity index (χ0) is 18.6. The lowest BCUT2D eigenvalue weighted by molar-refractivity contribution is 0.0928. The molecule has 0 aliphatic carbocycles. The molecule has 1 saturated heterocycles. The molecule has 1 aliphatic heterocycles. The molecule has 2 aromatic heterocycles. The van der Waals surface area contributed by atoms with E-state index in [0.717, 1.165) is 25.1 Å². The van der Waals surface area contributed by atoms with Gasteiger partial charge < -0.3 is 10.2 Å². The van der Waals surface area contributed by atoms with E-state index in [1.54, 1.807) is 36.8 Å². The van der Waals surface area contributed by atoms with Crippen LogP contribution in [0.1, 0.15) is 23.3 Å². The molecular weight excluding hydrogens is 366 g/mol. The Morgan fingerprint density at radius 2 is 2.07 bits per heavy atom. The molecule has 9 heteroatoms. The molecule has 0 radical (unpaired) electrons. The smallest absolute Gasteiger partial charge is 0.273 e. The van der Waals surface area contributed by atoms with E-state index in [1.165, 1.54) is 4.68 Å². The Morgan fingerprint density at radius 3 is 2.89 bits per heavy atom. The molecule has 0 bridgehead atoms. The summed E-state index contributed by atoms with van der Waals surface area (Å²) in [5, 5.41) is 11.6. The van der Waals surface area contributed by atoms with Crippen LogP contribution in [-0.2, 0) is 0 Å². The minimum atomic E-state index is -0.246.